The van der Waals surface area contributed by atoms with Gasteiger partial charge in [0.05, 0.1) is 5.57 Å². The summed E-state index contributed by atoms with van der Waals surface area (Å²) in [6, 6.07) is 9.43. The first kappa shape index (κ1) is 22.3. The number of nitrogens with one attached hydrogen (secondary N) is 1. The third-order valence-corrected chi connectivity index (χ3v) is 7.96. The molecule has 0 saturated heterocycles. The van der Waals surface area contributed by atoms with Crippen LogP contribution in [-0.4, -0.2) is 36.5 Å². The number of nitrogens with zero attached hydrogens (tertiary/aromatic N) is 2. The average Bonchev–Trinajstić information content (AvgIpc) is 3.66. The van der Waals surface area contributed by atoms with Gasteiger partial charge in [0.2, 0.25) is 0 Å². The number of rotatable bonds is 3. The molecule has 0 bridgehead atoms. The largest absolute Gasteiger partial charge is 0.378 e. The van der Waals surface area contributed by atoms with Gasteiger partial charge in [-0.25, -0.2) is 0 Å². The van der Waals surface area contributed by atoms with Gasteiger partial charge < -0.3 is 15.1 Å². The molecule has 1 aromatic carbocycles. The van der Waals surface area contributed by atoms with Gasteiger partial charge in [-0.1, -0.05) is 56.0 Å². The fraction of sp³-hybridized carbons (Fsp3) is 0.552. The molecule has 2 unspecified atom stereocenters. The van der Waals surface area contributed by atoms with E-state index >= 15 is 0 Å². The quantitative estimate of drug-likeness (QED) is 0.618. The SMILES string of the molecule is CC1=CCC(NC(=O)C2=CN(C3CCCCC3)c3ccccc3C2=C2CC2)CC(C)CN1C. The molecule has 0 spiro atoms. The number of hydrogen-bond donors (Lipinski definition) is 1. The van der Waals surface area contributed by atoms with Crippen LogP contribution in [0.1, 0.15) is 77.2 Å². The van der Waals surface area contributed by atoms with E-state index in [0.717, 1.165) is 37.8 Å². The van der Waals surface area contributed by atoms with Gasteiger partial charge >= 0.3 is 0 Å². The fourth-order valence-corrected chi connectivity index (χ4v) is 5.97. The van der Waals surface area contributed by atoms with Crippen LogP contribution in [0, 0.1) is 5.92 Å². The zero-order valence-electron chi connectivity index (χ0n) is 20.6. The standard InChI is InChI=1S/C29H39N3O/c1-20-17-23(16-13-21(2)31(3)18-20)30-29(33)26-19-32(24-9-5-4-6-10-24)27-12-8-7-11-25(27)28(26)22-14-15-22/h7-8,11-13,19-20,23-24H,4-6,9-10,14-18H2,1-3H3,(H,30,33). The molecule has 1 aromatic rings. The molecule has 2 atom stereocenters. The van der Waals surface area contributed by atoms with E-state index in [4.69, 9.17) is 0 Å². The number of fused-ring (bicyclic) bond motifs is 1. The van der Waals surface area contributed by atoms with E-state index in [2.05, 4.69) is 72.6 Å². The number of hydrogen-bond acceptors (Lipinski definition) is 3. The average molecular weight is 446 g/mol. The normalized spacial score (nSPS) is 26.2. The van der Waals surface area contributed by atoms with Crippen molar-refractivity contribution in [2.75, 3.05) is 18.5 Å². The lowest BCUT2D eigenvalue weighted by molar-refractivity contribution is -0.117. The van der Waals surface area contributed by atoms with Crippen molar-refractivity contribution in [2.45, 2.75) is 83.7 Å². The monoisotopic (exact) mass is 445 g/mol. The van der Waals surface area contributed by atoms with Gasteiger partial charge in [-0.05, 0) is 63.0 Å². The molecular weight excluding hydrogens is 406 g/mol. The fourth-order valence-electron chi connectivity index (χ4n) is 5.97. The van der Waals surface area contributed by atoms with Crippen molar-refractivity contribution in [2.24, 2.45) is 5.92 Å². The Morgan fingerprint density at radius 3 is 2.61 bits per heavy atom. The Hall–Kier alpha value is -2.49. The van der Waals surface area contributed by atoms with E-state index in [9.17, 15) is 4.79 Å². The summed E-state index contributed by atoms with van der Waals surface area (Å²) in [5, 5.41) is 3.46. The number of carbonyl (C=O) groups is 1. The smallest absolute Gasteiger partial charge is 0.253 e. The van der Waals surface area contributed by atoms with Crippen LogP contribution in [-0.2, 0) is 4.79 Å². The zero-order valence-corrected chi connectivity index (χ0v) is 20.6. The molecule has 4 aliphatic rings. The Morgan fingerprint density at radius 1 is 1.09 bits per heavy atom. The number of amides is 1. The second-order valence-corrected chi connectivity index (χ2v) is 10.7. The van der Waals surface area contributed by atoms with Crippen molar-refractivity contribution in [3.05, 3.63) is 58.9 Å². The van der Waals surface area contributed by atoms with Crippen LogP contribution in [0.5, 0.6) is 0 Å². The highest BCUT2D eigenvalue weighted by Crippen LogP contribution is 2.47. The molecule has 4 nitrogen and oxygen atoms in total. The Balaban J connectivity index is 1.46. The van der Waals surface area contributed by atoms with Gasteiger partial charge in [0.25, 0.3) is 5.91 Å². The number of para-hydroxylation sites is 1. The summed E-state index contributed by atoms with van der Waals surface area (Å²) < 4.78 is 0. The number of carbonyl (C=O) groups excluding carboxylic acids is 1. The molecule has 5 rings (SSSR count). The van der Waals surface area contributed by atoms with Crippen molar-refractivity contribution in [1.29, 1.82) is 0 Å². The van der Waals surface area contributed by atoms with E-state index in [1.807, 2.05) is 0 Å². The van der Waals surface area contributed by atoms with Crippen LogP contribution in [0.4, 0.5) is 5.69 Å². The molecule has 2 fully saturated rings. The highest BCUT2D eigenvalue weighted by atomic mass is 16.1. The van der Waals surface area contributed by atoms with E-state index in [0.29, 0.717) is 12.0 Å². The van der Waals surface area contributed by atoms with Gasteiger partial charge in [0.15, 0.2) is 0 Å². The number of benzene rings is 1. The Bertz CT molecular complexity index is 992. The zero-order chi connectivity index (χ0) is 22.9. The maximum atomic E-state index is 13.8. The maximum absolute atomic E-state index is 13.8. The molecule has 4 heteroatoms. The van der Waals surface area contributed by atoms with E-state index in [1.165, 1.54) is 60.2 Å². The lowest BCUT2D eigenvalue weighted by Gasteiger charge is -2.39. The van der Waals surface area contributed by atoms with Crippen LogP contribution >= 0.6 is 0 Å². The first-order valence-electron chi connectivity index (χ1n) is 13.0. The lowest BCUT2D eigenvalue weighted by Crippen LogP contribution is -2.41. The van der Waals surface area contributed by atoms with Crippen LogP contribution in [0.25, 0.3) is 5.57 Å². The van der Waals surface area contributed by atoms with Crippen LogP contribution in [0.15, 0.2) is 53.4 Å². The van der Waals surface area contributed by atoms with E-state index in [-0.39, 0.29) is 11.9 Å². The minimum atomic E-state index is 0.108. The summed E-state index contributed by atoms with van der Waals surface area (Å²) in [5.74, 6) is 0.655. The Morgan fingerprint density at radius 2 is 1.85 bits per heavy atom. The predicted octanol–water partition coefficient (Wildman–Crippen LogP) is 6.02. The van der Waals surface area contributed by atoms with Crippen molar-refractivity contribution in [1.82, 2.24) is 10.2 Å². The van der Waals surface area contributed by atoms with Crippen molar-refractivity contribution >= 4 is 17.2 Å². The molecule has 1 N–H and O–H groups in total. The number of anilines is 1. The van der Waals surface area contributed by atoms with Crippen molar-refractivity contribution < 1.29 is 4.79 Å². The molecule has 0 radical (unpaired) electrons. The van der Waals surface area contributed by atoms with Gasteiger partial charge in [0, 0.05) is 48.8 Å². The first-order chi connectivity index (χ1) is 16.0. The van der Waals surface area contributed by atoms with Gasteiger partial charge in [-0.3, -0.25) is 4.79 Å². The first-order valence-corrected chi connectivity index (χ1v) is 13.0. The molecule has 2 aliphatic carbocycles. The van der Waals surface area contributed by atoms with Crippen LogP contribution < -0.4 is 10.2 Å². The maximum Gasteiger partial charge on any atom is 0.253 e. The minimum absolute atomic E-state index is 0.108. The topological polar surface area (TPSA) is 35.6 Å². The van der Waals surface area contributed by atoms with E-state index in [1.54, 1.807) is 0 Å². The molecule has 2 aliphatic heterocycles. The summed E-state index contributed by atoms with van der Waals surface area (Å²) in [5.41, 5.74) is 7.38. The molecule has 33 heavy (non-hydrogen) atoms. The summed E-state index contributed by atoms with van der Waals surface area (Å²) in [7, 11) is 2.17. The second kappa shape index (κ2) is 9.40. The van der Waals surface area contributed by atoms with Crippen molar-refractivity contribution in [3.63, 3.8) is 0 Å². The number of allylic oxidation sites excluding steroid dienone is 2. The summed E-state index contributed by atoms with van der Waals surface area (Å²) in [6.45, 7) is 5.51. The van der Waals surface area contributed by atoms with Gasteiger partial charge in [-0.15, -0.1) is 0 Å². The molecule has 1 amide bonds. The van der Waals surface area contributed by atoms with Crippen molar-refractivity contribution in [3.8, 4) is 0 Å². The Kier molecular flexibility index (Phi) is 6.36. The summed E-state index contributed by atoms with van der Waals surface area (Å²) in [6.07, 6.45) is 15.0. The Labute approximate surface area is 199 Å². The predicted molar refractivity (Wildman–Crippen MR) is 137 cm³/mol. The summed E-state index contributed by atoms with van der Waals surface area (Å²) in [4.78, 5) is 18.6. The third kappa shape index (κ3) is 4.76. The third-order valence-electron chi connectivity index (χ3n) is 7.96. The lowest BCUT2D eigenvalue weighted by atomic mass is 9.87. The molecule has 176 valence electrons. The highest BCUT2D eigenvalue weighted by Gasteiger charge is 2.34. The van der Waals surface area contributed by atoms with Gasteiger partial charge in [0.1, 0.15) is 0 Å². The molecule has 2 heterocycles. The molecule has 0 aromatic heterocycles. The van der Waals surface area contributed by atoms with Crippen LogP contribution in [0.3, 0.4) is 0 Å². The molecule has 2 saturated carbocycles. The van der Waals surface area contributed by atoms with Crippen LogP contribution in [0.2, 0.25) is 0 Å². The second-order valence-electron chi connectivity index (χ2n) is 10.7. The minimum Gasteiger partial charge on any atom is -0.378 e. The highest BCUT2D eigenvalue weighted by molar-refractivity contribution is 6.13. The van der Waals surface area contributed by atoms with Gasteiger partial charge in [-0.2, -0.15) is 0 Å². The summed E-state index contributed by atoms with van der Waals surface area (Å²) >= 11 is 0. The van der Waals surface area contributed by atoms with E-state index < -0.39 is 0 Å². The molecular formula is C29H39N3O.